The van der Waals surface area contributed by atoms with Crippen LogP contribution >= 0.6 is 11.6 Å². The molecule has 1 aromatic carbocycles. The first kappa shape index (κ1) is 13.7. The Morgan fingerprint density at radius 2 is 2.40 bits per heavy atom. The van der Waals surface area contributed by atoms with Gasteiger partial charge >= 0.3 is 0 Å². The predicted octanol–water partition coefficient (Wildman–Crippen LogP) is 3.52. The third-order valence-electron chi connectivity index (χ3n) is 4.01. The van der Waals surface area contributed by atoms with Gasteiger partial charge in [-0.3, -0.25) is 0 Å². The van der Waals surface area contributed by atoms with Crippen LogP contribution in [-0.2, 0) is 10.6 Å². The largest absolute Gasteiger partial charge is 0.494 e. The Hall–Kier alpha value is -1.26. The highest BCUT2D eigenvalue weighted by molar-refractivity contribution is 6.16. The van der Waals surface area contributed by atoms with Crippen molar-refractivity contribution in [3.63, 3.8) is 0 Å². The minimum atomic E-state index is 0.225. The Bertz CT molecular complexity index is 605. The predicted molar refractivity (Wildman–Crippen MR) is 79.5 cm³/mol. The van der Waals surface area contributed by atoms with E-state index in [0.717, 1.165) is 42.1 Å². The number of imidazole rings is 1. The van der Waals surface area contributed by atoms with Crippen LogP contribution in [0.25, 0.3) is 11.0 Å². The van der Waals surface area contributed by atoms with Gasteiger partial charge in [0.05, 0.1) is 30.7 Å². The molecule has 5 heteroatoms. The lowest BCUT2D eigenvalue weighted by atomic mass is 10.1. The highest BCUT2D eigenvalue weighted by Gasteiger charge is 2.27. The van der Waals surface area contributed by atoms with Crippen LogP contribution in [0.2, 0.25) is 0 Å². The number of fused-ring (bicyclic) bond motifs is 1. The second kappa shape index (κ2) is 5.62. The molecule has 0 N–H and O–H groups in total. The molecule has 0 bridgehead atoms. The molecule has 1 aromatic heterocycles. The zero-order valence-corrected chi connectivity index (χ0v) is 12.6. The van der Waals surface area contributed by atoms with Crippen molar-refractivity contribution in [1.29, 1.82) is 0 Å². The highest BCUT2D eigenvalue weighted by Crippen LogP contribution is 2.32. The summed E-state index contributed by atoms with van der Waals surface area (Å²) in [7, 11) is 1.66. The summed E-state index contributed by atoms with van der Waals surface area (Å²) < 4.78 is 13.4. The van der Waals surface area contributed by atoms with Crippen molar-refractivity contribution in [3.05, 3.63) is 24.0 Å². The number of hydrogen-bond acceptors (Lipinski definition) is 3. The van der Waals surface area contributed by atoms with Crippen LogP contribution in [0, 0.1) is 0 Å². The van der Waals surface area contributed by atoms with Gasteiger partial charge in [0, 0.05) is 6.61 Å². The maximum absolute atomic E-state index is 6.08. The number of para-hydroxylation sites is 1. The molecular formula is C15H19ClN2O2. The van der Waals surface area contributed by atoms with Crippen molar-refractivity contribution in [2.45, 2.75) is 37.8 Å². The van der Waals surface area contributed by atoms with Gasteiger partial charge in [-0.1, -0.05) is 6.07 Å². The number of halogens is 1. The van der Waals surface area contributed by atoms with Crippen LogP contribution in [-0.4, -0.2) is 29.4 Å². The molecule has 0 radical (unpaired) electrons. The average Bonchev–Trinajstić information content (AvgIpc) is 3.12. The molecule has 1 saturated heterocycles. The van der Waals surface area contributed by atoms with E-state index >= 15 is 0 Å². The van der Waals surface area contributed by atoms with Gasteiger partial charge in [0.2, 0.25) is 0 Å². The Morgan fingerprint density at radius 3 is 3.05 bits per heavy atom. The van der Waals surface area contributed by atoms with Crippen molar-refractivity contribution in [2.24, 2.45) is 0 Å². The lowest BCUT2D eigenvalue weighted by Gasteiger charge is -2.22. The Morgan fingerprint density at radius 1 is 1.55 bits per heavy atom. The summed E-state index contributed by atoms with van der Waals surface area (Å²) in [5.41, 5.74) is 1.93. The second-order valence-corrected chi connectivity index (χ2v) is 5.42. The molecule has 4 nitrogen and oxygen atoms in total. The molecular weight excluding hydrogens is 276 g/mol. The van der Waals surface area contributed by atoms with Crippen LogP contribution in [0.15, 0.2) is 18.2 Å². The van der Waals surface area contributed by atoms with E-state index in [1.54, 1.807) is 7.11 Å². The van der Waals surface area contributed by atoms with Crippen molar-refractivity contribution in [1.82, 2.24) is 9.55 Å². The molecule has 0 spiro atoms. The van der Waals surface area contributed by atoms with Gasteiger partial charge in [0.25, 0.3) is 0 Å². The number of aromatic nitrogens is 2. The molecule has 2 heterocycles. The molecule has 108 valence electrons. The summed E-state index contributed by atoms with van der Waals surface area (Å²) in [6.07, 6.45) is 2.45. The molecule has 2 atom stereocenters. The molecule has 3 rings (SSSR count). The fourth-order valence-electron chi connectivity index (χ4n) is 3.00. The van der Waals surface area contributed by atoms with E-state index in [2.05, 4.69) is 22.5 Å². The van der Waals surface area contributed by atoms with Gasteiger partial charge in [-0.2, -0.15) is 0 Å². The number of benzene rings is 1. The summed E-state index contributed by atoms with van der Waals surface area (Å²) >= 11 is 6.08. The first-order chi connectivity index (χ1) is 9.76. The molecule has 1 aliphatic rings. The fraction of sp³-hybridized carbons (Fsp3) is 0.533. The SMILES string of the molecule is COc1cccc2c1nc(CCl)n2C(C)C1CCCO1. The van der Waals surface area contributed by atoms with Crippen molar-refractivity contribution < 1.29 is 9.47 Å². The maximum Gasteiger partial charge on any atom is 0.146 e. The van der Waals surface area contributed by atoms with Gasteiger partial charge in [-0.25, -0.2) is 4.98 Å². The first-order valence-corrected chi connectivity index (χ1v) is 7.51. The molecule has 0 aliphatic carbocycles. The topological polar surface area (TPSA) is 36.3 Å². The normalized spacial score (nSPS) is 20.4. The lowest BCUT2D eigenvalue weighted by molar-refractivity contribution is 0.0738. The third kappa shape index (κ3) is 2.17. The van der Waals surface area contributed by atoms with E-state index < -0.39 is 0 Å². The van der Waals surface area contributed by atoms with Crippen molar-refractivity contribution >= 4 is 22.6 Å². The van der Waals surface area contributed by atoms with Gasteiger partial charge in [-0.15, -0.1) is 11.6 Å². The average molecular weight is 295 g/mol. The number of nitrogens with zero attached hydrogens (tertiary/aromatic N) is 2. The van der Waals surface area contributed by atoms with E-state index in [-0.39, 0.29) is 12.1 Å². The van der Waals surface area contributed by atoms with Crippen LogP contribution in [0.3, 0.4) is 0 Å². The lowest BCUT2D eigenvalue weighted by Crippen LogP contribution is -2.22. The zero-order valence-electron chi connectivity index (χ0n) is 11.8. The fourth-order valence-corrected chi connectivity index (χ4v) is 3.19. The zero-order chi connectivity index (χ0) is 14.1. The summed E-state index contributed by atoms with van der Waals surface area (Å²) in [6, 6.07) is 6.20. The molecule has 2 aromatic rings. The van der Waals surface area contributed by atoms with E-state index in [0.29, 0.717) is 5.88 Å². The van der Waals surface area contributed by atoms with E-state index in [4.69, 9.17) is 21.1 Å². The first-order valence-electron chi connectivity index (χ1n) is 6.97. The van der Waals surface area contributed by atoms with Crippen LogP contribution in [0.5, 0.6) is 5.75 Å². The quantitative estimate of drug-likeness (QED) is 0.810. The molecule has 1 fully saturated rings. The number of hydrogen-bond donors (Lipinski definition) is 0. The summed E-state index contributed by atoms with van der Waals surface area (Å²) in [5, 5.41) is 0. The van der Waals surface area contributed by atoms with Gasteiger partial charge in [0.1, 0.15) is 17.1 Å². The Labute approximate surface area is 123 Å². The standard InChI is InChI=1S/C15H19ClN2O2/c1-10(12-7-4-8-20-12)18-11-5-3-6-13(19-2)15(11)17-14(18)9-16/h3,5-6,10,12H,4,7-9H2,1-2H3. The highest BCUT2D eigenvalue weighted by atomic mass is 35.5. The molecule has 0 saturated carbocycles. The second-order valence-electron chi connectivity index (χ2n) is 5.15. The number of rotatable bonds is 4. The van der Waals surface area contributed by atoms with E-state index in [1.807, 2.05) is 12.1 Å². The van der Waals surface area contributed by atoms with Gasteiger partial charge in [0.15, 0.2) is 0 Å². The summed E-state index contributed by atoms with van der Waals surface area (Å²) in [4.78, 5) is 4.64. The van der Waals surface area contributed by atoms with Crippen LogP contribution in [0.4, 0.5) is 0 Å². The Kier molecular flexibility index (Phi) is 3.85. The minimum absolute atomic E-state index is 0.225. The van der Waals surface area contributed by atoms with E-state index in [1.165, 1.54) is 0 Å². The number of alkyl halides is 1. The number of ether oxygens (including phenoxy) is 2. The van der Waals surface area contributed by atoms with Crippen LogP contribution in [0.1, 0.15) is 31.6 Å². The Balaban J connectivity index is 2.12. The molecule has 1 aliphatic heterocycles. The maximum atomic E-state index is 6.08. The summed E-state index contributed by atoms with van der Waals surface area (Å²) in [5.74, 6) is 2.04. The molecule has 20 heavy (non-hydrogen) atoms. The molecule has 0 amide bonds. The minimum Gasteiger partial charge on any atom is -0.494 e. The monoisotopic (exact) mass is 294 g/mol. The van der Waals surface area contributed by atoms with Gasteiger partial charge < -0.3 is 14.0 Å². The number of methoxy groups -OCH3 is 1. The smallest absolute Gasteiger partial charge is 0.146 e. The van der Waals surface area contributed by atoms with E-state index in [9.17, 15) is 0 Å². The van der Waals surface area contributed by atoms with Crippen molar-refractivity contribution in [3.8, 4) is 5.75 Å². The van der Waals surface area contributed by atoms with Crippen LogP contribution < -0.4 is 4.74 Å². The summed E-state index contributed by atoms with van der Waals surface area (Å²) in [6.45, 7) is 3.02. The van der Waals surface area contributed by atoms with Gasteiger partial charge in [-0.05, 0) is 31.9 Å². The van der Waals surface area contributed by atoms with Crippen molar-refractivity contribution in [2.75, 3.05) is 13.7 Å². The third-order valence-corrected chi connectivity index (χ3v) is 4.24. The molecule has 2 unspecified atom stereocenters.